The lowest BCUT2D eigenvalue weighted by molar-refractivity contribution is -0.117. The molecule has 0 aliphatic heterocycles. The fourth-order valence-corrected chi connectivity index (χ4v) is 2.60. The average Bonchev–Trinajstić information content (AvgIpc) is 3.10. The van der Waals surface area contributed by atoms with Gasteiger partial charge in [0.2, 0.25) is 5.91 Å². The summed E-state index contributed by atoms with van der Waals surface area (Å²) in [5, 5.41) is 11.1. The van der Waals surface area contributed by atoms with Gasteiger partial charge in [0.1, 0.15) is 11.5 Å². The van der Waals surface area contributed by atoms with E-state index in [0.717, 1.165) is 11.2 Å². The molecule has 1 N–H and O–H groups in total. The standard InChI is InChI=1S/C19H20N4O3/c1-13(19-22-21-17-6-4-5-11-23(17)19)20-18(24)10-8-14-7-9-15(25-2)12-16(14)26-3/h4-13H,1-3H3,(H,20,24)/b10-8+. The van der Waals surface area contributed by atoms with Crippen LogP contribution >= 0.6 is 0 Å². The van der Waals surface area contributed by atoms with Crippen molar-refractivity contribution in [2.24, 2.45) is 0 Å². The van der Waals surface area contributed by atoms with Crippen LogP contribution in [0.2, 0.25) is 0 Å². The molecule has 1 unspecified atom stereocenters. The number of methoxy groups -OCH3 is 2. The highest BCUT2D eigenvalue weighted by molar-refractivity contribution is 5.92. The van der Waals surface area contributed by atoms with Crippen LogP contribution in [-0.2, 0) is 4.79 Å². The number of benzene rings is 1. The van der Waals surface area contributed by atoms with Crippen molar-refractivity contribution in [3.05, 3.63) is 60.1 Å². The molecular weight excluding hydrogens is 332 g/mol. The zero-order valence-corrected chi connectivity index (χ0v) is 14.8. The summed E-state index contributed by atoms with van der Waals surface area (Å²) in [4.78, 5) is 12.3. The molecule has 134 valence electrons. The van der Waals surface area contributed by atoms with Crippen molar-refractivity contribution in [3.8, 4) is 11.5 Å². The molecular formula is C19H20N4O3. The molecule has 0 spiro atoms. The smallest absolute Gasteiger partial charge is 0.244 e. The Bertz CT molecular complexity index is 949. The Balaban J connectivity index is 1.71. The van der Waals surface area contributed by atoms with Gasteiger partial charge in [0.15, 0.2) is 11.5 Å². The molecule has 2 heterocycles. The number of hydrogen-bond acceptors (Lipinski definition) is 5. The van der Waals surface area contributed by atoms with Crippen molar-refractivity contribution in [2.75, 3.05) is 14.2 Å². The number of fused-ring (bicyclic) bond motifs is 1. The number of carbonyl (C=O) groups excluding carboxylic acids is 1. The molecule has 1 aromatic carbocycles. The normalized spacial score (nSPS) is 12.3. The van der Waals surface area contributed by atoms with Crippen molar-refractivity contribution < 1.29 is 14.3 Å². The Hall–Kier alpha value is -3.35. The van der Waals surface area contributed by atoms with Gasteiger partial charge >= 0.3 is 0 Å². The van der Waals surface area contributed by atoms with Crippen molar-refractivity contribution in [1.82, 2.24) is 19.9 Å². The molecule has 0 aliphatic carbocycles. The molecule has 3 rings (SSSR count). The van der Waals surface area contributed by atoms with Crippen LogP contribution in [0.25, 0.3) is 11.7 Å². The van der Waals surface area contributed by atoms with Crippen LogP contribution in [0.4, 0.5) is 0 Å². The maximum Gasteiger partial charge on any atom is 0.244 e. The number of hydrogen-bond donors (Lipinski definition) is 1. The van der Waals surface area contributed by atoms with Gasteiger partial charge in [-0.2, -0.15) is 0 Å². The Morgan fingerprint density at radius 2 is 2.04 bits per heavy atom. The summed E-state index contributed by atoms with van der Waals surface area (Å²) in [6.45, 7) is 1.86. The Kier molecular flexibility index (Phi) is 5.17. The van der Waals surface area contributed by atoms with Crippen molar-refractivity contribution in [1.29, 1.82) is 0 Å². The third-order valence-corrected chi connectivity index (χ3v) is 3.94. The van der Waals surface area contributed by atoms with Crippen LogP contribution in [-0.4, -0.2) is 34.7 Å². The molecule has 7 heteroatoms. The molecule has 0 saturated heterocycles. The maximum absolute atomic E-state index is 12.3. The van der Waals surface area contributed by atoms with E-state index in [2.05, 4.69) is 15.5 Å². The highest BCUT2D eigenvalue weighted by Gasteiger charge is 2.14. The molecule has 1 amide bonds. The van der Waals surface area contributed by atoms with E-state index in [0.29, 0.717) is 17.3 Å². The molecule has 3 aromatic rings. The van der Waals surface area contributed by atoms with E-state index in [1.807, 2.05) is 47.9 Å². The second-order valence-corrected chi connectivity index (χ2v) is 5.66. The second kappa shape index (κ2) is 7.69. The highest BCUT2D eigenvalue weighted by Crippen LogP contribution is 2.25. The summed E-state index contributed by atoms with van der Waals surface area (Å²) in [5.74, 6) is 1.76. The number of amides is 1. The minimum atomic E-state index is -0.290. The van der Waals surface area contributed by atoms with E-state index in [4.69, 9.17) is 9.47 Å². The Morgan fingerprint density at radius 3 is 2.81 bits per heavy atom. The van der Waals surface area contributed by atoms with Gasteiger partial charge in [-0.25, -0.2) is 0 Å². The lowest BCUT2D eigenvalue weighted by Gasteiger charge is -2.11. The quantitative estimate of drug-likeness (QED) is 0.690. The minimum Gasteiger partial charge on any atom is -0.497 e. The van der Waals surface area contributed by atoms with Gasteiger partial charge in [0.05, 0.1) is 20.3 Å². The second-order valence-electron chi connectivity index (χ2n) is 5.66. The van der Waals surface area contributed by atoms with Crippen molar-refractivity contribution in [2.45, 2.75) is 13.0 Å². The van der Waals surface area contributed by atoms with Crippen LogP contribution in [0.1, 0.15) is 24.4 Å². The van der Waals surface area contributed by atoms with Gasteiger partial charge < -0.3 is 14.8 Å². The molecule has 7 nitrogen and oxygen atoms in total. The third-order valence-electron chi connectivity index (χ3n) is 3.94. The van der Waals surface area contributed by atoms with Crippen LogP contribution < -0.4 is 14.8 Å². The van der Waals surface area contributed by atoms with Crippen LogP contribution in [0.15, 0.2) is 48.7 Å². The SMILES string of the molecule is COc1ccc(/C=C/C(=O)NC(C)c2nnc3ccccn23)c(OC)c1. The number of ether oxygens (including phenoxy) is 2. The average molecular weight is 352 g/mol. The van der Waals surface area contributed by atoms with Gasteiger partial charge in [-0.1, -0.05) is 6.07 Å². The first-order valence-corrected chi connectivity index (χ1v) is 8.12. The summed E-state index contributed by atoms with van der Waals surface area (Å²) in [5.41, 5.74) is 1.52. The summed E-state index contributed by atoms with van der Waals surface area (Å²) >= 11 is 0. The molecule has 0 fully saturated rings. The van der Waals surface area contributed by atoms with E-state index in [1.165, 1.54) is 6.08 Å². The first-order valence-electron chi connectivity index (χ1n) is 8.12. The van der Waals surface area contributed by atoms with E-state index >= 15 is 0 Å². The zero-order valence-electron chi connectivity index (χ0n) is 14.8. The molecule has 26 heavy (non-hydrogen) atoms. The zero-order chi connectivity index (χ0) is 18.5. The molecule has 0 radical (unpaired) electrons. The first kappa shape index (κ1) is 17.5. The summed E-state index contributed by atoms with van der Waals surface area (Å²) in [7, 11) is 3.16. The summed E-state index contributed by atoms with van der Waals surface area (Å²) < 4.78 is 12.3. The number of aromatic nitrogens is 3. The predicted molar refractivity (Wildman–Crippen MR) is 98.1 cm³/mol. The summed E-state index contributed by atoms with van der Waals surface area (Å²) in [6.07, 6.45) is 5.03. The van der Waals surface area contributed by atoms with Crippen LogP contribution in [0.5, 0.6) is 11.5 Å². The Morgan fingerprint density at radius 1 is 1.19 bits per heavy atom. The van der Waals surface area contributed by atoms with E-state index in [9.17, 15) is 4.79 Å². The lowest BCUT2D eigenvalue weighted by Crippen LogP contribution is -2.26. The van der Waals surface area contributed by atoms with Gasteiger partial charge in [-0.05, 0) is 37.3 Å². The van der Waals surface area contributed by atoms with E-state index in [1.54, 1.807) is 26.4 Å². The number of pyridine rings is 1. The minimum absolute atomic E-state index is 0.233. The van der Waals surface area contributed by atoms with Gasteiger partial charge in [-0.3, -0.25) is 9.20 Å². The third kappa shape index (κ3) is 3.66. The van der Waals surface area contributed by atoms with Crippen LogP contribution in [0, 0.1) is 0 Å². The number of rotatable bonds is 6. The number of carbonyl (C=O) groups is 1. The number of nitrogens with one attached hydrogen (secondary N) is 1. The topological polar surface area (TPSA) is 77.8 Å². The summed E-state index contributed by atoms with van der Waals surface area (Å²) in [6, 6.07) is 10.8. The van der Waals surface area contributed by atoms with E-state index in [-0.39, 0.29) is 11.9 Å². The largest absolute Gasteiger partial charge is 0.497 e. The molecule has 0 saturated carbocycles. The fraction of sp³-hybridized carbons (Fsp3) is 0.211. The van der Waals surface area contributed by atoms with Gasteiger partial charge in [0.25, 0.3) is 0 Å². The maximum atomic E-state index is 12.3. The fourth-order valence-electron chi connectivity index (χ4n) is 2.60. The van der Waals surface area contributed by atoms with Gasteiger partial charge in [-0.15, -0.1) is 10.2 Å². The number of nitrogens with zero attached hydrogens (tertiary/aromatic N) is 3. The predicted octanol–water partition coefficient (Wildman–Crippen LogP) is 2.64. The van der Waals surface area contributed by atoms with Crippen LogP contribution in [0.3, 0.4) is 0 Å². The lowest BCUT2D eigenvalue weighted by atomic mass is 10.1. The molecule has 0 bridgehead atoms. The van der Waals surface area contributed by atoms with Gasteiger partial charge in [0, 0.05) is 23.9 Å². The molecule has 1 atom stereocenters. The van der Waals surface area contributed by atoms with Crippen molar-refractivity contribution >= 4 is 17.6 Å². The monoisotopic (exact) mass is 352 g/mol. The Labute approximate surface area is 151 Å². The highest BCUT2D eigenvalue weighted by atomic mass is 16.5. The van der Waals surface area contributed by atoms with Crippen molar-refractivity contribution in [3.63, 3.8) is 0 Å². The first-order chi connectivity index (χ1) is 12.6. The van der Waals surface area contributed by atoms with E-state index < -0.39 is 0 Å². The molecule has 0 aliphatic rings. The molecule has 2 aromatic heterocycles.